The minimum atomic E-state index is -0.467. The van der Waals surface area contributed by atoms with Crippen LogP contribution in [-0.2, 0) is 9.57 Å². The first-order valence-electron chi connectivity index (χ1n) is 7.66. The number of hydroxylamine groups is 2. The van der Waals surface area contributed by atoms with Crippen molar-refractivity contribution in [3.8, 4) is 0 Å². The molecule has 1 fully saturated rings. The Morgan fingerprint density at radius 1 is 1.17 bits per heavy atom. The molecule has 5 nitrogen and oxygen atoms in total. The molecule has 23 heavy (non-hydrogen) atoms. The van der Waals surface area contributed by atoms with Gasteiger partial charge in [0.2, 0.25) is 0 Å². The van der Waals surface area contributed by atoms with Crippen molar-refractivity contribution in [2.45, 2.75) is 18.6 Å². The second-order valence-corrected chi connectivity index (χ2v) is 5.53. The van der Waals surface area contributed by atoms with Gasteiger partial charge in [-0.05, 0) is 17.7 Å². The quantitative estimate of drug-likeness (QED) is 0.937. The molecule has 0 bridgehead atoms. The van der Waals surface area contributed by atoms with Gasteiger partial charge in [0.1, 0.15) is 12.7 Å². The summed E-state index contributed by atoms with van der Waals surface area (Å²) >= 11 is 0. The molecule has 0 radical (unpaired) electrons. The van der Waals surface area contributed by atoms with Gasteiger partial charge < -0.3 is 4.74 Å². The van der Waals surface area contributed by atoms with E-state index in [1.807, 2.05) is 60.6 Å². The van der Waals surface area contributed by atoms with Crippen molar-refractivity contribution >= 4 is 11.8 Å². The molecule has 0 aromatic heterocycles. The Hall–Kier alpha value is -2.37. The minimum Gasteiger partial charge on any atom is -0.446 e. The monoisotopic (exact) mass is 312 g/mol. The highest BCUT2D eigenvalue weighted by Crippen LogP contribution is 2.32. The number of para-hydroxylation sites is 1. The summed E-state index contributed by atoms with van der Waals surface area (Å²) in [6.45, 7) is 0.229. The topological polar surface area (TPSA) is 50.8 Å². The van der Waals surface area contributed by atoms with Crippen LogP contribution in [0, 0.1) is 0 Å². The lowest BCUT2D eigenvalue weighted by Crippen LogP contribution is -2.23. The van der Waals surface area contributed by atoms with Gasteiger partial charge in [0, 0.05) is 19.2 Å². The highest BCUT2D eigenvalue weighted by molar-refractivity contribution is 5.84. The van der Waals surface area contributed by atoms with Gasteiger partial charge in [-0.1, -0.05) is 48.5 Å². The van der Waals surface area contributed by atoms with Crippen LogP contribution in [0.2, 0.25) is 0 Å². The maximum atomic E-state index is 11.8. The Labute approximate surface area is 135 Å². The zero-order chi connectivity index (χ0) is 16.1. The predicted molar refractivity (Wildman–Crippen MR) is 87.8 cm³/mol. The van der Waals surface area contributed by atoms with Gasteiger partial charge in [-0.2, -0.15) is 5.06 Å². The Bertz CT molecular complexity index is 633. The van der Waals surface area contributed by atoms with Gasteiger partial charge in [-0.15, -0.1) is 0 Å². The van der Waals surface area contributed by atoms with Gasteiger partial charge >= 0.3 is 6.09 Å². The van der Waals surface area contributed by atoms with E-state index in [9.17, 15) is 4.79 Å². The number of amides is 1. The molecule has 5 heteroatoms. The highest BCUT2D eigenvalue weighted by Gasteiger charge is 2.32. The van der Waals surface area contributed by atoms with E-state index in [2.05, 4.69) is 17.4 Å². The van der Waals surface area contributed by atoms with Crippen LogP contribution in [0.5, 0.6) is 0 Å². The molecule has 120 valence electrons. The first-order valence-corrected chi connectivity index (χ1v) is 7.66. The number of carbonyl (C=O) groups is 1. The van der Waals surface area contributed by atoms with Crippen LogP contribution in [0.3, 0.4) is 0 Å². The molecule has 0 saturated carbocycles. The summed E-state index contributed by atoms with van der Waals surface area (Å²) < 4.78 is 5.26. The van der Waals surface area contributed by atoms with Crippen LogP contribution in [0.15, 0.2) is 60.7 Å². The van der Waals surface area contributed by atoms with Crippen LogP contribution in [0.1, 0.15) is 18.0 Å². The molecule has 2 aromatic rings. The summed E-state index contributed by atoms with van der Waals surface area (Å²) in [4.78, 5) is 17.6. The van der Waals surface area contributed by atoms with Crippen LogP contribution in [-0.4, -0.2) is 30.9 Å². The number of ether oxygens (including phenoxy) is 1. The van der Waals surface area contributed by atoms with Crippen molar-refractivity contribution in [3.05, 3.63) is 66.2 Å². The third kappa shape index (κ3) is 4.09. The van der Waals surface area contributed by atoms with Gasteiger partial charge in [-0.25, -0.2) is 4.79 Å². The summed E-state index contributed by atoms with van der Waals surface area (Å²) in [5.74, 6) is 0. The second kappa shape index (κ2) is 7.26. The zero-order valence-corrected chi connectivity index (χ0v) is 13.0. The number of carbonyl (C=O) groups excluding carboxylic acids is 1. The summed E-state index contributed by atoms with van der Waals surface area (Å²) in [5, 5.41) is 4.52. The van der Waals surface area contributed by atoms with E-state index in [1.54, 1.807) is 0 Å². The third-order valence-corrected chi connectivity index (χ3v) is 3.85. The van der Waals surface area contributed by atoms with Gasteiger partial charge in [-0.3, -0.25) is 10.2 Å². The second-order valence-electron chi connectivity index (χ2n) is 5.53. The SMILES string of the molecule is CN1O[C@@H](COC(=O)Nc2ccccc2)C[C@H]1c1ccccc1. The van der Waals surface area contributed by atoms with Crippen molar-refractivity contribution in [2.24, 2.45) is 0 Å². The fourth-order valence-corrected chi connectivity index (χ4v) is 2.71. The smallest absolute Gasteiger partial charge is 0.411 e. The van der Waals surface area contributed by atoms with Gasteiger partial charge in [0.05, 0.1) is 6.04 Å². The minimum absolute atomic E-state index is 0.133. The van der Waals surface area contributed by atoms with Crippen LogP contribution >= 0.6 is 0 Å². The zero-order valence-electron chi connectivity index (χ0n) is 13.0. The molecule has 2 aromatic carbocycles. The lowest BCUT2D eigenvalue weighted by Gasteiger charge is -2.17. The Kier molecular flexibility index (Phi) is 4.90. The van der Waals surface area contributed by atoms with Crippen molar-refractivity contribution in [1.29, 1.82) is 0 Å². The first kappa shape index (κ1) is 15.5. The van der Waals surface area contributed by atoms with E-state index < -0.39 is 6.09 Å². The number of anilines is 1. The molecule has 1 N–H and O–H groups in total. The molecule has 1 amide bonds. The van der Waals surface area contributed by atoms with E-state index in [1.165, 1.54) is 5.56 Å². The fourth-order valence-electron chi connectivity index (χ4n) is 2.71. The molecule has 1 saturated heterocycles. The summed E-state index contributed by atoms with van der Waals surface area (Å²) in [6.07, 6.45) is 0.191. The molecule has 0 aliphatic carbocycles. The number of benzene rings is 2. The van der Waals surface area contributed by atoms with Crippen molar-refractivity contribution in [3.63, 3.8) is 0 Å². The fraction of sp³-hybridized carbons (Fsp3) is 0.278. The summed E-state index contributed by atoms with van der Waals surface area (Å²) in [6, 6.07) is 19.6. The molecule has 2 atom stereocenters. The van der Waals surface area contributed by atoms with E-state index >= 15 is 0 Å². The molecule has 0 spiro atoms. The average molecular weight is 312 g/mol. The number of hydrogen-bond acceptors (Lipinski definition) is 4. The first-order chi connectivity index (χ1) is 11.2. The molecular formula is C18H20N2O3. The lowest BCUT2D eigenvalue weighted by molar-refractivity contribution is -0.153. The molecular weight excluding hydrogens is 292 g/mol. The molecule has 0 unspecified atom stereocenters. The summed E-state index contributed by atoms with van der Waals surface area (Å²) in [5.41, 5.74) is 1.91. The Morgan fingerprint density at radius 3 is 2.52 bits per heavy atom. The Morgan fingerprint density at radius 2 is 1.83 bits per heavy atom. The molecule has 1 aliphatic rings. The molecule has 1 heterocycles. The Balaban J connectivity index is 1.49. The van der Waals surface area contributed by atoms with E-state index in [0.717, 1.165) is 6.42 Å². The normalized spacial score (nSPS) is 21.1. The van der Waals surface area contributed by atoms with E-state index in [0.29, 0.717) is 5.69 Å². The third-order valence-electron chi connectivity index (χ3n) is 3.85. The van der Waals surface area contributed by atoms with Crippen LogP contribution in [0.4, 0.5) is 10.5 Å². The number of nitrogens with one attached hydrogen (secondary N) is 1. The number of hydrogen-bond donors (Lipinski definition) is 1. The van der Waals surface area contributed by atoms with E-state index in [4.69, 9.17) is 9.57 Å². The van der Waals surface area contributed by atoms with Crippen molar-refractivity contribution in [1.82, 2.24) is 5.06 Å². The average Bonchev–Trinajstić information content (AvgIpc) is 2.96. The predicted octanol–water partition coefficient (Wildman–Crippen LogP) is 3.61. The molecule has 1 aliphatic heterocycles. The number of nitrogens with zero attached hydrogens (tertiary/aromatic N) is 1. The standard InChI is InChI=1S/C18H20N2O3/c1-20-17(14-8-4-2-5-9-14)12-16(23-20)13-22-18(21)19-15-10-6-3-7-11-15/h2-11,16-17H,12-13H2,1H3,(H,19,21)/t16-,17+/m1/s1. The maximum Gasteiger partial charge on any atom is 0.411 e. The van der Waals surface area contributed by atoms with Gasteiger partial charge in [0.15, 0.2) is 0 Å². The van der Waals surface area contributed by atoms with Crippen LogP contribution < -0.4 is 5.32 Å². The van der Waals surface area contributed by atoms with E-state index in [-0.39, 0.29) is 18.8 Å². The summed E-state index contributed by atoms with van der Waals surface area (Å²) in [7, 11) is 1.90. The van der Waals surface area contributed by atoms with Crippen LogP contribution in [0.25, 0.3) is 0 Å². The number of rotatable bonds is 4. The van der Waals surface area contributed by atoms with Crippen molar-refractivity contribution < 1.29 is 14.4 Å². The maximum absolute atomic E-state index is 11.8. The lowest BCUT2D eigenvalue weighted by atomic mass is 10.0. The molecule has 3 rings (SSSR count). The van der Waals surface area contributed by atoms with Gasteiger partial charge in [0.25, 0.3) is 0 Å². The highest BCUT2D eigenvalue weighted by atomic mass is 16.7. The largest absolute Gasteiger partial charge is 0.446 e. The van der Waals surface area contributed by atoms with Crippen molar-refractivity contribution in [2.75, 3.05) is 19.0 Å².